The SMILES string of the molecule is COC(=O)CCN1C(=O)C2C(N=C3N(c4cc(C)cc(C)c4)C(C)=CN32)N(C)C1=O. The smallest absolute Gasteiger partial charge is 0.328 e. The number of imide groups is 1. The number of aliphatic imine (C=N–C) groups is 1. The number of hydrogen-bond acceptors (Lipinski definition) is 7. The van der Waals surface area contributed by atoms with Gasteiger partial charge in [-0.1, -0.05) is 6.07 Å². The number of methoxy groups -OCH3 is 1. The van der Waals surface area contributed by atoms with Gasteiger partial charge in [-0.05, 0) is 44.0 Å². The molecule has 4 rings (SSSR count). The molecular weight excluding hydrogens is 386 g/mol. The maximum atomic E-state index is 13.2. The number of amides is 3. The second-order valence-electron chi connectivity index (χ2n) is 7.86. The molecule has 0 N–H and O–H groups in total. The first kappa shape index (κ1) is 19.9. The van der Waals surface area contributed by atoms with Crippen LogP contribution in [0.4, 0.5) is 10.5 Å². The van der Waals surface area contributed by atoms with E-state index in [1.807, 2.05) is 36.8 Å². The molecule has 158 valence electrons. The Morgan fingerprint density at radius 3 is 2.43 bits per heavy atom. The molecule has 1 aromatic carbocycles. The molecule has 0 aliphatic carbocycles. The van der Waals surface area contributed by atoms with Gasteiger partial charge in [-0.15, -0.1) is 0 Å². The standard InChI is InChI=1S/C21H25N5O4/c1-12-8-13(2)10-15(9-12)26-14(3)11-25-17-18(22-20(25)26)23(4)21(29)24(19(17)28)7-6-16(27)30-5/h8-11,17-18H,6-7H2,1-5H3. The third-order valence-corrected chi connectivity index (χ3v) is 5.62. The maximum Gasteiger partial charge on any atom is 0.328 e. The molecule has 3 aliphatic rings. The van der Waals surface area contributed by atoms with Crippen LogP contribution in [-0.4, -0.2) is 71.5 Å². The van der Waals surface area contributed by atoms with E-state index in [1.165, 1.54) is 12.0 Å². The number of ether oxygens (including phenoxy) is 1. The zero-order chi connectivity index (χ0) is 21.7. The minimum absolute atomic E-state index is 0.0233. The Balaban J connectivity index is 1.66. The molecule has 1 aromatic rings. The first-order valence-electron chi connectivity index (χ1n) is 9.81. The van der Waals surface area contributed by atoms with Crippen LogP contribution in [0.25, 0.3) is 0 Å². The molecule has 1 fully saturated rings. The molecule has 3 heterocycles. The largest absolute Gasteiger partial charge is 0.469 e. The summed E-state index contributed by atoms with van der Waals surface area (Å²) in [5.41, 5.74) is 4.16. The summed E-state index contributed by atoms with van der Waals surface area (Å²) >= 11 is 0. The number of hydrogen-bond donors (Lipinski definition) is 0. The molecule has 0 spiro atoms. The molecule has 9 heteroatoms. The summed E-state index contributed by atoms with van der Waals surface area (Å²) in [5.74, 6) is -0.214. The Bertz CT molecular complexity index is 981. The average molecular weight is 411 g/mol. The van der Waals surface area contributed by atoms with Crippen molar-refractivity contribution in [2.24, 2.45) is 4.99 Å². The summed E-state index contributed by atoms with van der Waals surface area (Å²) in [4.78, 5) is 48.7. The highest BCUT2D eigenvalue weighted by Gasteiger charge is 2.54. The van der Waals surface area contributed by atoms with Crippen molar-refractivity contribution in [1.29, 1.82) is 0 Å². The molecule has 0 radical (unpaired) electrons. The first-order valence-corrected chi connectivity index (χ1v) is 9.81. The average Bonchev–Trinajstić information content (AvgIpc) is 3.19. The van der Waals surface area contributed by atoms with Gasteiger partial charge in [-0.25, -0.2) is 9.79 Å². The fourth-order valence-corrected chi connectivity index (χ4v) is 4.26. The van der Waals surface area contributed by atoms with Crippen LogP contribution in [0.5, 0.6) is 0 Å². The van der Waals surface area contributed by atoms with Crippen LogP contribution < -0.4 is 4.90 Å². The van der Waals surface area contributed by atoms with E-state index in [4.69, 9.17) is 4.99 Å². The van der Waals surface area contributed by atoms with Gasteiger partial charge < -0.3 is 14.5 Å². The molecule has 9 nitrogen and oxygen atoms in total. The van der Waals surface area contributed by atoms with Crippen molar-refractivity contribution in [3.8, 4) is 0 Å². The van der Waals surface area contributed by atoms with Crippen LogP contribution in [0.1, 0.15) is 24.5 Å². The van der Waals surface area contributed by atoms with Crippen molar-refractivity contribution in [2.75, 3.05) is 25.6 Å². The van der Waals surface area contributed by atoms with Gasteiger partial charge in [0.15, 0.2) is 12.2 Å². The Morgan fingerprint density at radius 2 is 1.80 bits per heavy atom. The summed E-state index contributed by atoms with van der Waals surface area (Å²) in [6.07, 6.45) is 1.23. The number of anilines is 1. The van der Waals surface area contributed by atoms with E-state index >= 15 is 0 Å². The summed E-state index contributed by atoms with van der Waals surface area (Å²) < 4.78 is 4.64. The number of nitrogens with zero attached hydrogens (tertiary/aromatic N) is 5. The number of carbonyl (C=O) groups is 3. The molecule has 2 atom stereocenters. The van der Waals surface area contributed by atoms with Crippen LogP contribution in [0.2, 0.25) is 0 Å². The summed E-state index contributed by atoms with van der Waals surface area (Å²) in [6.45, 7) is 6.01. The first-order chi connectivity index (χ1) is 14.2. The van der Waals surface area contributed by atoms with E-state index in [0.717, 1.165) is 27.4 Å². The Labute approximate surface area is 175 Å². The topological polar surface area (TPSA) is 85.8 Å². The van der Waals surface area contributed by atoms with E-state index in [9.17, 15) is 14.4 Å². The Hall–Kier alpha value is -3.36. The van der Waals surface area contributed by atoms with Crippen LogP contribution in [-0.2, 0) is 14.3 Å². The van der Waals surface area contributed by atoms with Gasteiger partial charge in [0.05, 0.1) is 13.5 Å². The number of allylic oxidation sites excluding steroid dienone is 1. The Kier molecular flexibility index (Phi) is 4.76. The molecular formula is C21H25N5O4. The lowest BCUT2D eigenvalue weighted by Gasteiger charge is -2.40. The maximum absolute atomic E-state index is 13.2. The lowest BCUT2D eigenvalue weighted by molar-refractivity contribution is -0.142. The predicted molar refractivity (Wildman–Crippen MR) is 111 cm³/mol. The second kappa shape index (κ2) is 7.16. The van der Waals surface area contributed by atoms with Crippen LogP contribution in [0.3, 0.4) is 0 Å². The molecule has 3 amide bonds. The highest BCUT2D eigenvalue weighted by atomic mass is 16.5. The molecule has 0 bridgehead atoms. The number of guanidine groups is 1. The monoisotopic (exact) mass is 411 g/mol. The van der Waals surface area contributed by atoms with E-state index in [2.05, 4.69) is 22.9 Å². The summed E-state index contributed by atoms with van der Waals surface area (Å²) in [5, 5.41) is 0. The van der Waals surface area contributed by atoms with Gasteiger partial charge in [-0.3, -0.25) is 19.4 Å². The lowest BCUT2D eigenvalue weighted by Crippen LogP contribution is -2.64. The minimum atomic E-state index is -0.661. The van der Waals surface area contributed by atoms with Gasteiger partial charge in [0.1, 0.15) is 0 Å². The quantitative estimate of drug-likeness (QED) is 0.703. The molecule has 0 saturated carbocycles. The summed E-state index contributed by atoms with van der Waals surface area (Å²) in [6, 6.07) is 5.11. The van der Waals surface area contributed by atoms with Crippen LogP contribution >= 0.6 is 0 Å². The van der Waals surface area contributed by atoms with E-state index in [0.29, 0.717) is 5.96 Å². The number of carbonyl (C=O) groups excluding carboxylic acids is 3. The van der Waals surface area contributed by atoms with Crippen molar-refractivity contribution in [3.63, 3.8) is 0 Å². The van der Waals surface area contributed by atoms with Crippen molar-refractivity contribution >= 4 is 29.6 Å². The fourth-order valence-electron chi connectivity index (χ4n) is 4.26. The molecule has 3 aliphatic heterocycles. The van der Waals surface area contributed by atoms with Crippen molar-refractivity contribution in [1.82, 2.24) is 14.7 Å². The van der Waals surface area contributed by atoms with Crippen molar-refractivity contribution in [2.45, 2.75) is 39.4 Å². The van der Waals surface area contributed by atoms with Gasteiger partial charge in [0, 0.05) is 31.2 Å². The molecule has 0 aromatic heterocycles. The minimum Gasteiger partial charge on any atom is -0.469 e. The second-order valence-corrected chi connectivity index (χ2v) is 7.86. The molecule has 2 unspecified atom stereocenters. The number of urea groups is 1. The number of benzene rings is 1. The predicted octanol–water partition coefficient (Wildman–Crippen LogP) is 1.81. The van der Waals surface area contributed by atoms with E-state index in [1.54, 1.807) is 7.05 Å². The van der Waals surface area contributed by atoms with Crippen LogP contribution in [0.15, 0.2) is 35.1 Å². The van der Waals surface area contributed by atoms with Crippen molar-refractivity contribution < 1.29 is 19.1 Å². The molecule has 30 heavy (non-hydrogen) atoms. The number of esters is 1. The fraction of sp³-hybridized carbons (Fsp3) is 0.429. The third-order valence-electron chi connectivity index (χ3n) is 5.62. The summed E-state index contributed by atoms with van der Waals surface area (Å²) in [7, 11) is 2.91. The molecule has 1 saturated heterocycles. The zero-order valence-electron chi connectivity index (χ0n) is 17.7. The highest BCUT2D eigenvalue weighted by Crippen LogP contribution is 2.37. The van der Waals surface area contributed by atoms with Gasteiger partial charge in [-0.2, -0.15) is 0 Å². The van der Waals surface area contributed by atoms with Gasteiger partial charge in [0.2, 0.25) is 5.96 Å². The highest BCUT2D eigenvalue weighted by molar-refractivity contribution is 6.10. The normalized spacial score (nSPS) is 22.8. The number of rotatable bonds is 4. The number of aryl methyl sites for hydroxylation is 2. The number of fused-ring (bicyclic) bond motifs is 3. The van der Waals surface area contributed by atoms with Crippen molar-refractivity contribution in [3.05, 3.63) is 41.2 Å². The van der Waals surface area contributed by atoms with Gasteiger partial charge in [0.25, 0.3) is 5.91 Å². The number of likely N-dealkylation sites (N-methyl/N-ethyl adjacent to an activating group) is 1. The lowest BCUT2D eigenvalue weighted by atomic mass is 10.1. The zero-order valence-corrected chi connectivity index (χ0v) is 17.7. The van der Waals surface area contributed by atoms with E-state index in [-0.39, 0.29) is 18.9 Å². The van der Waals surface area contributed by atoms with Gasteiger partial charge >= 0.3 is 12.0 Å². The van der Waals surface area contributed by atoms with Crippen LogP contribution in [0, 0.1) is 13.8 Å². The third kappa shape index (κ3) is 3.01. The van der Waals surface area contributed by atoms with E-state index < -0.39 is 24.2 Å². The Morgan fingerprint density at radius 1 is 1.13 bits per heavy atom.